The molecule has 0 aliphatic carbocycles. The van der Waals surface area contributed by atoms with Crippen LogP contribution in [-0.2, 0) is 61.5 Å². The molecule has 6 nitrogen and oxygen atoms in total. The number of carbonyl (C=O) groups excluding carboxylic acids is 6. The van der Waals surface area contributed by atoms with E-state index in [1.54, 1.807) is 62.3 Å². The first-order valence-corrected chi connectivity index (χ1v) is 14.7. The van der Waals surface area contributed by atoms with Crippen molar-refractivity contribution in [2.75, 3.05) is 0 Å². The molecule has 40 heavy (non-hydrogen) atoms. The van der Waals surface area contributed by atoms with Gasteiger partial charge in [0.05, 0.1) is 0 Å². The molecule has 0 aliphatic rings. The minimum atomic E-state index is -0.529. The molecule has 0 aromatic rings. The van der Waals surface area contributed by atoms with Gasteiger partial charge in [0, 0.05) is 66.7 Å². The Morgan fingerprint density at radius 2 is 0.575 bits per heavy atom. The molecule has 0 aromatic carbocycles. The van der Waals surface area contributed by atoms with Crippen LogP contribution < -0.4 is 0 Å². The van der Waals surface area contributed by atoms with Gasteiger partial charge in [-0.2, -0.15) is 0 Å². The van der Waals surface area contributed by atoms with E-state index in [1.165, 1.54) is 0 Å². The Morgan fingerprint density at radius 3 is 0.675 bits per heavy atom. The number of carbonyl (C=O) groups is 6. The average molecular weight is 642 g/mol. The second-order valence-electron chi connectivity index (χ2n) is 13.9. The van der Waals surface area contributed by atoms with Crippen LogP contribution in [0.4, 0.5) is 0 Å². The van der Waals surface area contributed by atoms with Gasteiger partial charge in [-0.25, -0.2) is 0 Å². The Hall–Kier alpha value is -0.876. The first-order valence-electron chi connectivity index (χ1n) is 14.7. The summed E-state index contributed by atoms with van der Waals surface area (Å²) in [5.74, 6) is -1.71. The number of rotatable bonds is 12. The summed E-state index contributed by atoms with van der Waals surface area (Å²) in [6, 6.07) is 0. The smallest absolute Gasteiger partial charge is 0.203 e. The molecule has 231 valence electrons. The molecule has 0 aromatic heterocycles. The van der Waals surface area contributed by atoms with E-state index in [-0.39, 0.29) is 85.2 Å². The molecule has 0 N–H and O–H groups in total. The zero-order chi connectivity index (χ0) is 31.9. The van der Waals surface area contributed by atoms with Gasteiger partial charge in [-0.15, -0.1) is 0 Å². The van der Waals surface area contributed by atoms with Crippen LogP contribution in [0.1, 0.15) is 142 Å². The van der Waals surface area contributed by atoms with Crippen molar-refractivity contribution in [2.24, 2.45) is 34.0 Å². The van der Waals surface area contributed by atoms with E-state index in [2.05, 4.69) is 0 Å². The summed E-state index contributed by atoms with van der Waals surface area (Å²) >= 11 is 0. The second kappa shape index (κ2) is 20.9. The fourth-order valence-electron chi connectivity index (χ4n) is 3.47. The molecule has 7 heteroatoms. The first kappa shape index (κ1) is 46.1. The third-order valence-electron chi connectivity index (χ3n) is 6.22. The summed E-state index contributed by atoms with van der Waals surface area (Å²) < 4.78 is 0. The molecule has 3 atom stereocenters. The summed E-state index contributed by atoms with van der Waals surface area (Å²) in [4.78, 5) is 69.2. The van der Waals surface area contributed by atoms with Crippen molar-refractivity contribution in [3.63, 3.8) is 0 Å². The van der Waals surface area contributed by atoms with Gasteiger partial charge in [0.25, 0.3) is 0 Å². The molecule has 0 bridgehead atoms. The normalized spacial score (nSPS) is 13.6. The topological polar surface area (TPSA) is 102 Å². The van der Waals surface area contributed by atoms with E-state index in [9.17, 15) is 28.8 Å². The van der Waals surface area contributed by atoms with Crippen molar-refractivity contribution in [1.82, 2.24) is 0 Å². The Balaban J connectivity index is -0.000000240. The van der Waals surface area contributed by atoms with Crippen LogP contribution in [-0.4, -0.2) is 34.7 Å². The number of hydrogen-bond acceptors (Lipinski definition) is 6. The molecule has 0 rings (SSSR count). The van der Waals surface area contributed by atoms with Crippen molar-refractivity contribution in [3.8, 4) is 0 Å². The van der Waals surface area contributed by atoms with Crippen LogP contribution >= 0.6 is 0 Å². The van der Waals surface area contributed by atoms with Crippen molar-refractivity contribution < 1.29 is 61.5 Å². The molecule has 0 heterocycles. The monoisotopic (exact) mass is 641 g/mol. The fourth-order valence-corrected chi connectivity index (χ4v) is 3.47. The number of Topliss-reactive ketones (excluding diaryl/α,β-unsaturated/α-hetero) is 6. The fraction of sp³-hybridized carbons (Fsp3) is 0.818. The van der Waals surface area contributed by atoms with Crippen molar-refractivity contribution >= 4 is 34.7 Å². The minimum Gasteiger partial charge on any atom is -0.291 e. The van der Waals surface area contributed by atoms with E-state index < -0.39 is 16.2 Å². The summed E-state index contributed by atoms with van der Waals surface area (Å²) in [6.07, 6.45) is 5.26. The predicted octanol–water partition coefficient (Wildman–Crippen LogP) is 7.82. The van der Waals surface area contributed by atoms with Crippen molar-refractivity contribution in [3.05, 3.63) is 0 Å². The van der Waals surface area contributed by atoms with Gasteiger partial charge < -0.3 is 0 Å². The Labute approximate surface area is 271 Å². The Bertz CT molecular complexity index is 712. The Kier molecular flexibility index (Phi) is 24.1. The maximum absolute atomic E-state index is 11.5. The zero-order valence-corrected chi connectivity index (χ0v) is 31.3. The molecule has 0 spiro atoms. The van der Waals surface area contributed by atoms with Gasteiger partial charge in [-0.1, -0.05) is 123 Å². The predicted molar refractivity (Wildman–Crippen MR) is 161 cm³/mol. The van der Waals surface area contributed by atoms with E-state index in [0.29, 0.717) is 0 Å². The average Bonchev–Trinajstić information content (AvgIpc) is 2.80. The maximum atomic E-state index is 11.5. The standard InChI is InChI=1S/3C11H20O2.Y/c3*1-6-7-8(2)9(12)10(13)11(3,4)5;/h3*8H,6-7H2,1-5H3;. The zero-order valence-electron chi connectivity index (χ0n) is 28.5. The van der Waals surface area contributed by atoms with Gasteiger partial charge in [-0.3, -0.25) is 28.8 Å². The molecule has 0 saturated carbocycles. The van der Waals surface area contributed by atoms with Gasteiger partial charge >= 0.3 is 0 Å². The number of ketones is 6. The molecule has 0 aliphatic heterocycles. The molecular formula is C33H60O6Y. The maximum Gasteiger partial charge on any atom is 0.203 e. The molecule has 0 saturated heterocycles. The van der Waals surface area contributed by atoms with E-state index in [4.69, 9.17) is 0 Å². The van der Waals surface area contributed by atoms with Crippen LogP contribution in [0.5, 0.6) is 0 Å². The SMILES string of the molecule is CCCC(C)C(=O)C(=O)C(C)(C)C.CCCC(C)C(=O)C(=O)C(C)(C)C.CCCC(C)C(=O)C(=O)C(C)(C)C.[Y]. The van der Waals surface area contributed by atoms with Gasteiger partial charge in [0.2, 0.25) is 34.7 Å². The second-order valence-corrected chi connectivity index (χ2v) is 13.9. The van der Waals surface area contributed by atoms with E-state index in [1.807, 2.05) is 41.5 Å². The van der Waals surface area contributed by atoms with Crippen LogP contribution in [0.2, 0.25) is 0 Å². The van der Waals surface area contributed by atoms with Crippen LogP contribution in [0.25, 0.3) is 0 Å². The quantitative estimate of drug-likeness (QED) is 0.201. The number of hydrogen-bond donors (Lipinski definition) is 0. The van der Waals surface area contributed by atoms with E-state index >= 15 is 0 Å². The summed E-state index contributed by atoms with van der Waals surface area (Å²) in [5.41, 5.74) is -1.59. The first-order chi connectivity index (χ1) is 17.4. The third kappa shape index (κ3) is 19.3. The minimum absolute atomic E-state index is 0. The van der Waals surface area contributed by atoms with Crippen molar-refractivity contribution in [1.29, 1.82) is 0 Å². The third-order valence-corrected chi connectivity index (χ3v) is 6.22. The van der Waals surface area contributed by atoms with Crippen molar-refractivity contribution in [2.45, 2.75) is 142 Å². The Morgan fingerprint density at radius 1 is 0.425 bits per heavy atom. The van der Waals surface area contributed by atoms with Gasteiger partial charge in [-0.05, 0) is 19.3 Å². The largest absolute Gasteiger partial charge is 0.291 e. The summed E-state index contributed by atoms with van der Waals surface area (Å²) in [7, 11) is 0. The van der Waals surface area contributed by atoms with Crippen LogP contribution in [0.3, 0.4) is 0 Å². The van der Waals surface area contributed by atoms with Gasteiger partial charge in [0.15, 0.2) is 0 Å². The summed E-state index contributed by atoms with van der Waals surface area (Å²) in [6.45, 7) is 27.6. The molecular weight excluding hydrogens is 581 g/mol. The summed E-state index contributed by atoms with van der Waals surface area (Å²) in [5, 5.41) is 0. The van der Waals surface area contributed by atoms with Crippen LogP contribution in [0.15, 0.2) is 0 Å². The van der Waals surface area contributed by atoms with Gasteiger partial charge in [0.1, 0.15) is 0 Å². The molecule has 1 radical (unpaired) electrons. The molecule has 0 amide bonds. The molecule has 0 fully saturated rings. The molecule has 3 unspecified atom stereocenters. The van der Waals surface area contributed by atoms with Crippen LogP contribution in [0, 0.1) is 34.0 Å². The van der Waals surface area contributed by atoms with E-state index in [0.717, 1.165) is 38.5 Å².